The molecular weight excluding hydrogens is 232 g/mol. The summed E-state index contributed by atoms with van der Waals surface area (Å²) in [4.78, 5) is 8.45. The molecule has 5 heteroatoms. The number of thioether (sulfide) groups is 1. The second-order valence-corrected chi connectivity index (χ2v) is 5.70. The van der Waals surface area contributed by atoms with E-state index < -0.39 is 0 Å². The average Bonchev–Trinajstić information content (AvgIpc) is 2.27. The number of nitrogens with zero attached hydrogens (tertiary/aromatic N) is 3. The third-order valence-corrected chi connectivity index (χ3v) is 4.65. The van der Waals surface area contributed by atoms with Crippen LogP contribution in [0.4, 0.5) is 5.95 Å². The molecule has 1 aliphatic rings. The van der Waals surface area contributed by atoms with Gasteiger partial charge in [0.05, 0.1) is 0 Å². The minimum absolute atomic E-state index is 0.347. The van der Waals surface area contributed by atoms with Gasteiger partial charge in [0.15, 0.2) is 0 Å². The highest BCUT2D eigenvalue weighted by atomic mass is 32.2. The first-order chi connectivity index (χ1) is 8.17. The van der Waals surface area contributed by atoms with E-state index in [0.717, 1.165) is 12.2 Å². The van der Waals surface area contributed by atoms with Gasteiger partial charge in [-0.05, 0) is 32.1 Å². The Kier molecular flexibility index (Phi) is 3.53. The molecule has 1 N–H and O–H groups in total. The maximum atomic E-state index is 8.85. The molecule has 0 atom stereocenters. The predicted octanol–water partition coefficient (Wildman–Crippen LogP) is 2.35. The molecule has 0 amide bonds. The van der Waals surface area contributed by atoms with Crippen LogP contribution in [-0.4, -0.2) is 27.5 Å². The Labute approximate surface area is 106 Å². The molecule has 17 heavy (non-hydrogen) atoms. The van der Waals surface area contributed by atoms with E-state index in [2.05, 4.69) is 27.6 Å². The van der Waals surface area contributed by atoms with E-state index in [1.807, 2.05) is 18.7 Å². The Morgan fingerprint density at radius 3 is 2.82 bits per heavy atom. The third kappa shape index (κ3) is 2.70. The number of anilines is 1. The van der Waals surface area contributed by atoms with Crippen molar-refractivity contribution in [1.29, 1.82) is 5.26 Å². The van der Waals surface area contributed by atoms with Crippen LogP contribution in [0, 0.1) is 18.3 Å². The van der Waals surface area contributed by atoms with Crippen molar-refractivity contribution in [2.45, 2.75) is 30.9 Å². The monoisotopic (exact) mass is 248 g/mol. The van der Waals surface area contributed by atoms with Crippen molar-refractivity contribution in [3.05, 3.63) is 17.5 Å². The van der Waals surface area contributed by atoms with Gasteiger partial charge in [0, 0.05) is 17.0 Å². The molecular formula is C12H16N4S. The Morgan fingerprint density at radius 2 is 2.29 bits per heavy atom. The number of aryl methyl sites for hydroxylation is 1. The molecule has 0 aromatic carbocycles. The van der Waals surface area contributed by atoms with Crippen molar-refractivity contribution < 1.29 is 0 Å². The topological polar surface area (TPSA) is 61.6 Å². The number of hydrogen-bond acceptors (Lipinski definition) is 5. The summed E-state index contributed by atoms with van der Waals surface area (Å²) in [5.41, 5.74) is 1.25. The zero-order valence-electron chi connectivity index (χ0n) is 10.2. The van der Waals surface area contributed by atoms with E-state index in [1.165, 1.54) is 19.3 Å². The van der Waals surface area contributed by atoms with Crippen LogP contribution < -0.4 is 5.32 Å². The fourth-order valence-corrected chi connectivity index (χ4v) is 2.88. The highest BCUT2D eigenvalue weighted by Crippen LogP contribution is 2.42. The molecule has 0 spiro atoms. The summed E-state index contributed by atoms with van der Waals surface area (Å²) in [6.45, 7) is 2.75. The summed E-state index contributed by atoms with van der Waals surface area (Å²) >= 11 is 1.91. The zero-order chi connectivity index (χ0) is 12.3. The standard InChI is InChI=1S/C12H16N4S/c1-9-6-10(7-13)16-11(15-9)14-8-12(17-2)4-3-5-12/h6H,3-5,8H2,1-2H3,(H,14,15,16). The van der Waals surface area contributed by atoms with E-state index in [9.17, 15) is 0 Å². The Bertz CT molecular complexity index is 443. The van der Waals surface area contributed by atoms with Crippen LogP contribution in [0.2, 0.25) is 0 Å². The summed E-state index contributed by atoms with van der Waals surface area (Å²) in [5, 5.41) is 12.1. The largest absolute Gasteiger partial charge is 0.353 e. The molecule has 1 fully saturated rings. The number of nitrogens with one attached hydrogen (secondary N) is 1. The molecule has 0 bridgehead atoms. The summed E-state index contributed by atoms with van der Waals surface area (Å²) in [7, 11) is 0. The molecule has 1 heterocycles. The van der Waals surface area contributed by atoms with Gasteiger partial charge in [0.1, 0.15) is 11.8 Å². The van der Waals surface area contributed by atoms with Gasteiger partial charge in [-0.1, -0.05) is 6.42 Å². The van der Waals surface area contributed by atoms with Gasteiger partial charge in [-0.2, -0.15) is 17.0 Å². The highest BCUT2D eigenvalue weighted by molar-refractivity contribution is 8.00. The second-order valence-electron chi connectivity index (χ2n) is 4.42. The summed E-state index contributed by atoms with van der Waals surface area (Å²) in [6.07, 6.45) is 5.95. The van der Waals surface area contributed by atoms with Gasteiger partial charge in [-0.15, -0.1) is 0 Å². The minimum atomic E-state index is 0.347. The fraction of sp³-hybridized carbons (Fsp3) is 0.583. The van der Waals surface area contributed by atoms with Crippen LogP contribution in [0.15, 0.2) is 6.07 Å². The van der Waals surface area contributed by atoms with Crippen molar-refractivity contribution >= 4 is 17.7 Å². The van der Waals surface area contributed by atoms with Gasteiger partial charge < -0.3 is 5.32 Å². The van der Waals surface area contributed by atoms with Crippen LogP contribution in [-0.2, 0) is 0 Å². The minimum Gasteiger partial charge on any atom is -0.353 e. The molecule has 90 valence electrons. The average molecular weight is 248 g/mol. The first-order valence-corrected chi connectivity index (χ1v) is 6.95. The van der Waals surface area contributed by atoms with Crippen molar-refractivity contribution in [2.24, 2.45) is 0 Å². The molecule has 1 aromatic rings. The van der Waals surface area contributed by atoms with Gasteiger partial charge in [0.25, 0.3) is 0 Å². The Hall–Kier alpha value is -1.28. The molecule has 4 nitrogen and oxygen atoms in total. The summed E-state index contributed by atoms with van der Waals surface area (Å²) < 4.78 is 0.347. The van der Waals surface area contributed by atoms with Crippen LogP contribution in [0.3, 0.4) is 0 Å². The Balaban J connectivity index is 2.04. The Morgan fingerprint density at radius 1 is 1.53 bits per heavy atom. The first-order valence-electron chi connectivity index (χ1n) is 5.72. The lowest BCUT2D eigenvalue weighted by Gasteiger charge is -2.40. The van der Waals surface area contributed by atoms with Crippen LogP contribution >= 0.6 is 11.8 Å². The van der Waals surface area contributed by atoms with Gasteiger partial charge in [-0.3, -0.25) is 0 Å². The quantitative estimate of drug-likeness (QED) is 0.886. The van der Waals surface area contributed by atoms with Crippen molar-refractivity contribution in [1.82, 2.24) is 9.97 Å². The lowest BCUT2D eigenvalue weighted by atomic mass is 9.84. The molecule has 2 rings (SSSR count). The van der Waals surface area contributed by atoms with E-state index in [4.69, 9.17) is 5.26 Å². The molecule has 0 unspecified atom stereocenters. The molecule has 0 aliphatic heterocycles. The van der Waals surface area contributed by atoms with Gasteiger partial charge in [0.2, 0.25) is 5.95 Å². The van der Waals surface area contributed by atoms with E-state index in [-0.39, 0.29) is 0 Å². The van der Waals surface area contributed by atoms with Crippen LogP contribution in [0.1, 0.15) is 30.7 Å². The van der Waals surface area contributed by atoms with Crippen molar-refractivity contribution in [3.63, 3.8) is 0 Å². The number of nitriles is 1. The SMILES string of the molecule is CSC1(CNc2nc(C)cc(C#N)n2)CCC1. The molecule has 1 aliphatic carbocycles. The maximum Gasteiger partial charge on any atom is 0.224 e. The lowest BCUT2D eigenvalue weighted by molar-refractivity contribution is 0.379. The lowest BCUT2D eigenvalue weighted by Crippen LogP contribution is -2.40. The number of rotatable bonds is 4. The first kappa shape index (κ1) is 12.2. The summed E-state index contributed by atoms with van der Waals surface area (Å²) in [6, 6.07) is 3.74. The van der Waals surface area contributed by atoms with Crippen LogP contribution in [0.5, 0.6) is 0 Å². The molecule has 0 radical (unpaired) electrons. The van der Waals surface area contributed by atoms with Crippen molar-refractivity contribution in [3.8, 4) is 6.07 Å². The van der Waals surface area contributed by atoms with Gasteiger partial charge in [-0.25, -0.2) is 9.97 Å². The molecule has 1 saturated carbocycles. The summed E-state index contributed by atoms with van der Waals surface area (Å²) in [5.74, 6) is 0.571. The third-order valence-electron chi connectivity index (χ3n) is 3.24. The normalized spacial score (nSPS) is 17.0. The van der Waals surface area contributed by atoms with Crippen LogP contribution in [0.25, 0.3) is 0 Å². The van der Waals surface area contributed by atoms with E-state index >= 15 is 0 Å². The maximum absolute atomic E-state index is 8.85. The second kappa shape index (κ2) is 4.92. The van der Waals surface area contributed by atoms with E-state index in [1.54, 1.807) is 6.07 Å². The smallest absolute Gasteiger partial charge is 0.224 e. The zero-order valence-corrected chi connectivity index (χ0v) is 11.0. The number of hydrogen-bond donors (Lipinski definition) is 1. The number of aromatic nitrogens is 2. The van der Waals surface area contributed by atoms with Gasteiger partial charge >= 0.3 is 0 Å². The molecule has 0 saturated heterocycles. The fourth-order valence-electron chi connectivity index (χ4n) is 1.97. The molecule has 1 aromatic heterocycles. The highest BCUT2D eigenvalue weighted by Gasteiger charge is 2.35. The predicted molar refractivity (Wildman–Crippen MR) is 70.1 cm³/mol. The van der Waals surface area contributed by atoms with Crippen molar-refractivity contribution in [2.75, 3.05) is 18.1 Å². The van der Waals surface area contributed by atoms with E-state index in [0.29, 0.717) is 16.4 Å².